The van der Waals surface area contributed by atoms with Crippen LogP contribution >= 0.6 is 11.3 Å². The highest BCUT2D eigenvalue weighted by Gasteiger charge is 2.42. The molecule has 248 valence electrons. The third-order valence-electron chi connectivity index (χ3n) is 10.4. The second kappa shape index (κ2) is 12.6. The smallest absolute Gasteiger partial charge is 0.181 e. The zero-order valence-corrected chi connectivity index (χ0v) is 29.3. The van der Waals surface area contributed by atoms with Crippen LogP contribution in [-0.4, -0.2) is 47.3 Å². The van der Waals surface area contributed by atoms with Crippen molar-refractivity contribution in [2.45, 2.75) is 76.2 Å². The Hall–Kier alpha value is -3.73. The lowest BCUT2D eigenvalue weighted by molar-refractivity contribution is 0.0639. The third kappa shape index (κ3) is 5.71. The summed E-state index contributed by atoms with van der Waals surface area (Å²) in [5.74, 6) is 1.43. The van der Waals surface area contributed by atoms with Crippen LogP contribution in [0.2, 0.25) is 0 Å². The number of nitrogens with zero attached hydrogens (tertiary/aromatic N) is 4. The molecule has 2 aliphatic heterocycles. The highest BCUT2D eigenvalue weighted by atomic mass is 32.2. The number of sulfone groups is 1. The number of rotatable bonds is 8. The van der Waals surface area contributed by atoms with E-state index in [4.69, 9.17) is 19.7 Å². The van der Waals surface area contributed by atoms with Gasteiger partial charge in [0.05, 0.1) is 38.5 Å². The summed E-state index contributed by atoms with van der Waals surface area (Å²) in [6.07, 6.45) is 11.2. The minimum absolute atomic E-state index is 0.0818. The Morgan fingerprint density at radius 3 is 2.65 bits per heavy atom. The molecule has 1 aliphatic carbocycles. The maximum absolute atomic E-state index is 14.3. The van der Waals surface area contributed by atoms with Crippen molar-refractivity contribution in [1.82, 2.24) is 19.9 Å². The number of aromatic nitrogens is 4. The van der Waals surface area contributed by atoms with Crippen molar-refractivity contribution >= 4 is 37.1 Å². The Morgan fingerprint density at radius 2 is 1.83 bits per heavy atom. The molecule has 0 saturated carbocycles. The molecule has 1 saturated heterocycles. The SMILES string of the molecule is Cc1ccnc(-c2c(CCC3CCOCC3)nc3c(c2-c2cc4ccnc(N[C@@H]5CCc6ncccc65)c4s2)S(=O)(=O)CC3C(C)C)c1. The van der Waals surface area contributed by atoms with Crippen molar-refractivity contribution in [2.75, 3.05) is 24.3 Å². The van der Waals surface area contributed by atoms with Gasteiger partial charge in [-0.05, 0) is 104 Å². The molecule has 0 radical (unpaired) electrons. The number of thiophene rings is 1. The lowest BCUT2D eigenvalue weighted by Crippen LogP contribution is -2.17. The summed E-state index contributed by atoms with van der Waals surface area (Å²) in [4.78, 5) is 20.9. The van der Waals surface area contributed by atoms with Crippen molar-refractivity contribution in [3.05, 3.63) is 83.2 Å². The molecule has 0 aromatic carbocycles. The molecule has 1 fully saturated rings. The molecular weight excluding hydrogens is 639 g/mol. The van der Waals surface area contributed by atoms with Crippen molar-refractivity contribution < 1.29 is 13.2 Å². The lowest BCUT2D eigenvalue weighted by Gasteiger charge is -2.23. The monoisotopic (exact) mass is 679 g/mol. The van der Waals surface area contributed by atoms with E-state index < -0.39 is 9.84 Å². The van der Waals surface area contributed by atoms with Gasteiger partial charge in [0, 0.05) is 59.4 Å². The average molecular weight is 680 g/mol. The molecule has 1 N–H and O–H groups in total. The molecule has 0 bridgehead atoms. The van der Waals surface area contributed by atoms with Gasteiger partial charge in [0.1, 0.15) is 5.82 Å². The number of ether oxygens (including phenoxy) is 1. The van der Waals surface area contributed by atoms with Crippen LogP contribution in [0.4, 0.5) is 5.82 Å². The lowest BCUT2D eigenvalue weighted by atomic mass is 9.88. The van der Waals surface area contributed by atoms with E-state index in [1.165, 1.54) is 5.56 Å². The topological polar surface area (TPSA) is 107 Å². The predicted molar refractivity (Wildman–Crippen MR) is 191 cm³/mol. The number of hydrogen-bond donors (Lipinski definition) is 1. The van der Waals surface area contributed by atoms with Crippen LogP contribution in [-0.2, 0) is 27.4 Å². The Bertz CT molecular complexity index is 2120. The zero-order valence-electron chi connectivity index (χ0n) is 27.7. The highest BCUT2D eigenvalue weighted by molar-refractivity contribution is 7.92. The average Bonchev–Trinajstić information content (AvgIpc) is 3.78. The Kier molecular flexibility index (Phi) is 8.29. The fraction of sp³-hybridized carbons (Fsp3) is 0.421. The summed E-state index contributed by atoms with van der Waals surface area (Å²) in [7, 11) is -3.61. The quantitative estimate of drug-likeness (QED) is 0.175. The first-order valence-corrected chi connectivity index (χ1v) is 19.6. The predicted octanol–water partition coefficient (Wildman–Crippen LogP) is 8.11. The number of hydrogen-bond acceptors (Lipinski definition) is 9. The van der Waals surface area contributed by atoms with Crippen LogP contribution in [0, 0.1) is 18.8 Å². The summed E-state index contributed by atoms with van der Waals surface area (Å²) in [6, 6.07) is 12.5. The van der Waals surface area contributed by atoms with E-state index in [-0.39, 0.29) is 23.6 Å². The van der Waals surface area contributed by atoms with Crippen molar-refractivity contribution in [1.29, 1.82) is 0 Å². The summed E-state index contributed by atoms with van der Waals surface area (Å²) in [5, 5.41) is 4.76. The third-order valence-corrected chi connectivity index (χ3v) is 13.4. The van der Waals surface area contributed by atoms with Gasteiger partial charge in [-0.1, -0.05) is 19.9 Å². The van der Waals surface area contributed by atoms with E-state index >= 15 is 0 Å². The van der Waals surface area contributed by atoms with Gasteiger partial charge in [-0.25, -0.2) is 13.4 Å². The fourth-order valence-electron chi connectivity index (χ4n) is 7.77. The van der Waals surface area contributed by atoms with Crippen LogP contribution in [0.5, 0.6) is 0 Å². The molecule has 7 heterocycles. The van der Waals surface area contributed by atoms with Gasteiger partial charge in [0.2, 0.25) is 0 Å². The minimum Gasteiger partial charge on any atom is -0.381 e. The van der Waals surface area contributed by atoms with Gasteiger partial charge in [-0.2, -0.15) is 0 Å². The molecule has 0 spiro atoms. The highest BCUT2D eigenvalue weighted by Crippen LogP contribution is 2.51. The molecular formula is C38H41N5O3S2. The summed E-state index contributed by atoms with van der Waals surface area (Å²) < 4.78 is 35.2. The molecule has 48 heavy (non-hydrogen) atoms. The minimum atomic E-state index is -3.61. The number of nitrogens with one attached hydrogen (secondary N) is 1. The maximum atomic E-state index is 14.3. The number of fused-ring (bicyclic) bond motifs is 3. The number of aryl methyl sites for hydroxylation is 3. The van der Waals surface area contributed by atoms with Gasteiger partial charge in [0.25, 0.3) is 0 Å². The zero-order chi connectivity index (χ0) is 33.0. The van der Waals surface area contributed by atoms with Gasteiger partial charge in [-0.3, -0.25) is 15.0 Å². The van der Waals surface area contributed by atoms with Gasteiger partial charge in [-0.15, -0.1) is 11.3 Å². The summed E-state index contributed by atoms with van der Waals surface area (Å²) in [6.45, 7) is 7.85. The van der Waals surface area contributed by atoms with Gasteiger partial charge < -0.3 is 10.1 Å². The van der Waals surface area contributed by atoms with Crippen LogP contribution in [0.15, 0.2) is 59.9 Å². The van der Waals surface area contributed by atoms with E-state index in [1.807, 2.05) is 36.8 Å². The second-order valence-corrected chi connectivity index (χ2v) is 17.0. The summed E-state index contributed by atoms with van der Waals surface area (Å²) in [5.41, 5.74) is 7.47. The van der Waals surface area contributed by atoms with Crippen molar-refractivity contribution in [3.63, 3.8) is 0 Å². The van der Waals surface area contributed by atoms with E-state index in [9.17, 15) is 8.42 Å². The molecule has 1 unspecified atom stereocenters. The Balaban J connectivity index is 1.33. The van der Waals surface area contributed by atoms with Crippen LogP contribution in [0.3, 0.4) is 0 Å². The molecule has 0 amide bonds. The molecule has 5 aromatic rings. The molecule has 8 nitrogen and oxygen atoms in total. The molecule has 5 aromatic heterocycles. The van der Waals surface area contributed by atoms with E-state index in [0.29, 0.717) is 10.8 Å². The second-order valence-electron chi connectivity index (χ2n) is 13.9. The van der Waals surface area contributed by atoms with Crippen LogP contribution in [0.1, 0.15) is 79.7 Å². The maximum Gasteiger partial charge on any atom is 0.181 e. The largest absolute Gasteiger partial charge is 0.381 e. The Labute approximate surface area is 286 Å². The van der Waals surface area contributed by atoms with Crippen molar-refractivity contribution in [2.24, 2.45) is 11.8 Å². The summed E-state index contributed by atoms with van der Waals surface area (Å²) >= 11 is 1.61. The molecule has 2 atom stereocenters. The molecule has 8 rings (SSSR count). The normalized spacial score (nSPS) is 20.3. The number of pyridine rings is 4. The van der Waals surface area contributed by atoms with E-state index in [0.717, 1.165) is 112 Å². The Morgan fingerprint density at radius 1 is 1.00 bits per heavy atom. The van der Waals surface area contributed by atoms with Crippen LogP contribution in [0.25, 0.3) is 31.8 Å². The van der Waals surface area contributed by atoms with Crippen LogP contribution < -0.4 is 5.32 Å². The molecule has 10 heteroatoms. The first-order valence-electron chi connectivity index (χ1n) is 17.2. The van der Waals surface area contributed by atoms with E-state index in [1.54, 1.807) is 11.3 Å². The van der Waals surface area contributed by atoms with Gasteiger partial charge in [0.15, 0.2) is 9.84 Å². The standard InChI is InChI=1S/C38H41N5O3S2/c1-22(2)27-21-48(44,45)37-34(32-20-25-11-16-41-38(36(25)47-32)43-29-9-8-28-26(29)5-4-14-39-28)33(31-19-23(3)10-15-40-31)30(42-35(27)37)7-6-24-12-17-46-18-13-24/h4-5,10-11,14-16,19-20,22,24,27,29H,6-9,12-13,17-18,21H2,1-3H3,(H,41,43)/t27?,29-/m1/s1. The number of anilines is 1. The van der Waals surface area contributed by atoms with E-state index in [2.05, 4.69) is 49.3 Å². The molecule has 3 aliphatic rings. The fourth-order valence-corrected chi connectivity index (χ4v) is 11.2. The first kappa shape index (κ1) is 31.5. The first-order chi connectivity index (χ1) is 23.3. The van der Waals surface area contributed by atoms with Gasteiger partial charge >= 0.3 is 0 Å². The van der Waals surface area contributed by atoms with Crippen molar-refractivity contribution in [3.8, 4) is 21.7 Å².